The summed E-state index contributed by atoms with van der Waals surface area (Å²) in [7, 11) is 0. The molecule has 2 rings (SSSR count). The van der Waals surface area contributed by atoms with Crippen molar-refractivity contribution in [2.24, 2.45) is 0 Å². The van der Waals surface area contributed by atoms with Crippen molar-refractivity contribution in [3.05, 3.63) is 29.8 Å². The van der Waals surface area contributed by atoms with E-state index in [0.717, 1.165) is 12.3 Å². The zero-order valence-electron chi connectivity index (χ0n) is 13.2. The first-order valence-corrected chi connectivity index (χ1v) is 8.21. The summed E-state index contributed by atoms with van der Waals surface area (Å²) >= 11 is 0. The zero-order valence-corrected chi connectivity index (χ0v) is 13.2. The number of benzene rings is 1. The molecule has 1 aliphatic rings. The van der Waals surface area contributed by atoms with Crippen molar-refractivity contribution >= 4 is 0 Å². The average molecular weight is 275 g/mol. The monoisotopic (exact) mass is 275 g/mol. The van der Waals surface area contributed by atoms with Gasteiger partial charge in [0.1, 0.15) is 5.75 Å². The molecule has 1 saturated carbocycles. The Labute approximate surface area is 123 Å². The van der Waals surface area contributed by atoms with E-state index in [1.165, 1.54) is 37.7 Å². The Hall–Kier alpha value is -1.02. The molecule has 1 N–H and O–H groups in total. The van der Waals surface area contributed by atoms with Gasteiger partial charge >= 0.3 is 0 Å². The van der Waals surface area contributed by atoms with Crippen molar-refractivity contribution in [3.8, 4) is 5.75 Å². The third-order valence-corrected chi connectivity index (χ3v) is 4.10. The first-order valence-electron chi connectivity index (χ1n) is 8.21. The van der Waals surface area contributed by atoms with Crippen molar-refractivity contribution in [1.82, 2.24) is 5.32 Å². The number of nitrogens with one attached hydrogen (secondary N) is 1. The fourth-order valence-corrected chi connectivity index (χ4v) is 3.23. The molecule has 2 nitrogen and oxygen atoms in total. The largest absolute Gasteiger partial charge is 0.491 e. The highest BCUT2D eigenvalue weighted by Crippen LogP contribution is 2.38. The van der Waals surface area contributed by atoms with E-state index >= 15 is 0 Å². The van der Waals surface area contributed by atoms with E-state index in [1.54, 1.807) is 0 Å². The fraction of sp³-hybridized carbons (Fsp3) is 0.667. The SMILES string of the molecule is CCCNC1CCCCC1c1ccccc1OC(C)C. The van der Waals surface area contributed by atoms with Gasteiger partial charge < -0.3 is 10.1 Å². The average Bonchev–Trinajstić information content (AvgIpc) is 2.45. The van der Waals surface area contributed by atoms with E-state index in [-0.39, 0.29) is 6.10 Å². The summed E-state index contributed by atoms with van der Waals surface area (Å²) in [6, 6.07) is 9.22. The van der Waals surface area contributed by atoms with Crippen LogP contribution in [0.2, 0.25) is 0 Å². The molecule has 0 radical (unpaired) electrons. The van der Waals surface area contributed by atoms with Gasteiger partial charge in [-0.3, -0.25) is 0 Å². The first kappa shape index (κ1) is 15.4. The first-order chi connectivity index (χ1) is 9.72. The van der Waals surface area contributed by atoms with E-state index < -0.39 is 0 Å². The summed E-state index contributed by atoms with van der Waals surface area (Å²) in [5.74, 6) is 1.68. The molecule has 1 aromatic rings. The van der Waals surface area contributed by atoms with Gasteiger partial charge in [-0.05, 0) is 51.3 Å². The van der Waals surface area contributed by atoms with Crippen LogP contribution < -0.4 is 10.1 Å². The Balaban J connectivity index is 2.18. The topological polar surface area (TPSA) is 21.3 Å². The molecule has 112 valence electrons. The Morgan fingerprint density at radius 2 is 1.95 bits per heavy atom. The quantitative estimate of drug-likeness (QED) is 0.825. The minimum absolute atomic E-state index is 0.238. The van der Waals surface area contributed by atoms with E-state index in [1.807, 2.05) is 0 Å². The van der Waals surface area contributed by atoms with Crippen LogP contribution in [0.3, 0.4) is 0 Å². The van der Waals surface area contributed by atoms with Crippen LogP contribution in [-0.2, 0) is 0 Å². The van der Waals surface area contributed by atoms with Gasteiger partial charge in [0.2, 0.25) is 0 Å². The maximum atomic E-state index is 6.02. The molecule has 0 bridgehead atoms. The van der Waals surface area contributed by atoms with Gasteiger partial charge in [0.25, 0.3) is 0 Å². The van der Waals surface area contributed by atoms with Crippen LogP contribution >= 0.6 is 0 Å². The Morgan fingerprint density at radius 1 is 1.20 bits per heavy atom. The van der Waals surface area contributed by atoms with Crippen LogP contribution in [0.5, 0.6) is 5.75 Å². The lowest BCUT2D eigenvalue weighted by Crippen LogP contribution is -2.37. The van der Waals surface area contributed by atoms with Crippen LogP contribution in [0.4, 0.5) is 0 Å². The van der Waals surface area contributed by atoms with Crippen molar-refractivity contribution in [1.29, 1.82) is 0 Å². The summed E-state index contributed by atoms with van der Waals surface area (Å²) in [6.07, 6.45) is 6.70. The molecule has 2 atom stereocenters. The summed E-state index contributed by atoms with van der Waals surface area (Å²) in [4.78, 5) is 0. The molecule has 0 aliphatic heterocycles. The lowest BCUT2D eigenvalue weighted by atomic mass is 9.79. The van der Waals surface area contributed by atoms with Gasteiger partial charge in [0, 0.05) is 12.0 Å². The lowest BCUT2D eigenvalue weighted by Gasteiger charge is -2.34. The summed E-state index contributed by atoms with van der Waals surface area (Å²) < 4.78 is 6.02. The third-order valence-electron chi connectivity index (χ3n) is 4.10. The molecule has 1 fully saturated rings. The molecule has 0 amide bonds. The van der Waals surface area contributed by atoms with E-state index in [2.05, 4.69) is 50.4 Å². The normalized spacial score (nSPS) is 23.0. The molecule has 0 heterocycles. The molecule has 20 heavy (non-hydrogen) atoms. The standard InChI is InChI=1S/C18H29NO/c1-4-13-19-17-11-7-5-9-15(17)16-10-6-8-12-18(16)20-14(2)3/h6,8,10,12,14-15,17,19H,4-5,7,9,11,13H2,1-3H3. The van der Waals surface area contributed by atoms with Crippen LogP contribution in [0.15, 0.2) is 24.3 Å². The predicted octanol–water partition coefficient (Wildman–Crippen LogP) is 4.50. The second kappa shape index (κ2) is 7.68. The van der Waals surface area contributed by atoms with Crippen molar-refractivity contribution < 1.29 is 4.74 Å². The van der Waals surface area contributed by atoms with Gasteiger partial charge in [-0.15, -0.1) is 0 Å². The molecule has 2 heteroatoms. The smallest absolute Gasteiger partial charge is 0.123 e. The van der Waals surface area contributed by atoms with E-state index in [0.29, 0.717) is 12.0 Å². The van der Waals surface area contributed by atoms with E-state index in [4.69, 9.17) is 4.74 Å². The van der Waals surface area contributed by atoms with Crippen LogP contribution in [0, 0.1) is 0 Å². The minimum atomic E-state index is 0.238. The molecule has 0 aromatic heterocycles. The highest BCUT2D eigenvalue weighted by atomic mass is 16.5. The number of ether oxygens (including phenoxy) is 1. The highest BCUT2D eigenvalue weighted by Gasteiger charge is 2.28. The van der Waals surface area contributed by atoms with Gasteiger partial charge in [-0.1, -0.05) is 38.0 Å². The summed E-state index contributed by atoms with van der Waals surface area (Å²) in [6.45, 7) is 7.56. The van der Waals surface area contributed by atoms with Crippen LogP contribution in [0.1, 0.15) is 64.4 Å². The molecular formula is C18H29NO. The Bertz CT molecular complexity index is 402. The second-order valence-corrected chi connectivity index (χ2v) is 6.16. The number of hydrogen-bond acceptors (Lipinski definition) is 2. The zero-order chi connectivity index (χ0) is 14.4. The third kappa shape index (κ3) is 3.99. The number of rotatable bonds is 6. The molecule has 0 spiro atoms. The second-order valence-electron chi connectivity index (χ2n) is 6.16. The van der Waals surface area contributed by atoms with Crippen molar-refractivity contribution in [2.45, 2.75) is 70.9 Å². The molecular weight excluding hydrogens is 246 g/mol. The Kier molecular flexibility index (Phi) is 5.90. The number of para-hydroxylation sites is 1. The molecule has 0 saturated heterocycles. The maximum absolute atomic E-state index is 6.02. The van der Waals surface area contributed by atoms with E-state index in [9.17, 15) is 0 Å². The Morgan fingerprint density at radius 3 is 2.70 bits per heavy atom. The van der Waals surface area contributed by atoms with Gasteiger partial charge in [0.05, 0.1) is 6.10 Å². The van der Waals surface area contributed by atoms with Crippen molar-refractivity contribution in [3.63, 3.8) is 0 Å². The lowest BCUT2D eigenvalue weighted by molar-refractivity contribution is 0.233. The maximum Gasteiger partial charge on any atom is 0.123 e. The minimum Gasteiger partial charge on any atom is -0.491 e. The molecule has 1 aliphatic carbocycles. The van der Waals surface area contributed by atoms with Gasteiger partial charge in [0.15, 0.2) is 0 Å². The molecule has 2 unspecified atom stereocenters. The van der Waals surface area contributed by atoms with Crippen LogP contribution in [-0.4, -0.2) is 18.7 Å². The number of hydrogen-bond donors (Lipinski definition) is 1. The van der Waals surface area contributed by atoms with Crippen LogP contribution in [0.25, 0.3) is 0 Å². The fourth-order valence-electron chi connectivity index (χ4n) is 3.23. The van der Waals surface area contributed by atoms with Gasteiger partial charge in [-0.25, -0.2) is 0 Å². The van der Waals surface area contributed by atoms with Gasteiger partial charge in [-0.2, -0.15) is 0 Å². The molecule has 1 aromatic carbocycles. The van der Waals surface area contributed by atoms with Crippen molar-refractivity contribution in [2.75, 3.05) is 6.54 Å². The summed E-state index contributed by atoms with van der Waals surface area (Å²) in [5.41, 5.74) is 1.40. The summed E-state index contributed by atoms with van der Waals surface area (Å²) in [5, 5.41) is 3.74. The highest BCUT2D eigenvalue weighted by molar-refractivity contribution is 5.37. The predicted molar refractivity (Wildman–Crippen MR) is 85.5 cm³/mol.